The molecule has 1 aliphatic rings. The second-order valence-electron chi connectivity index (χ2n) is 6.39. The van der Waals surface area contributed by atoms with Gasteiger partial charge in [0.1, 0.15) is 11.5 Å². The van der Waals surface area contributed by atoms with E-state index in [0.29, 0.717) is 22.5 Å². The van der Waals surface area contributed by atoms with Gasteiger partial charge >= 0.3 is 0 Å². The Bertz CT molecular complexity index is 781. The van der Waals surface area contributed by atoms with E-state index in [4.69, 9.17) is 10.5 Å². The molecule has 116 valence electrons. The fraction of sp³-hybridized carbons (Fsp3) is 0.333. The Morgan fingerprint density at radius 2 is 1.68 bits per heavy atom. The van der Waals surface area contributed by atoms with E-state index >= 15 is 0 Å². The SMILES string of the molecule is CC(C)c1ccc2c(c1N)P(=O)(C(C)C)c1ccccc1O2. The van der Waals surface area contributed by atoms with Crippen LogP contribution < -0.4 is 21.1 Å². The zero-order valence-electron chi connectivity index (χ0n) is 13.5. The summed E-state index contributed by atoms with van der Waals surface area (Å²) in [5, 5.41) is 1.48. The molecule has 0 fully saturated rings. The molecule has 22 heavy (non-hydrogen) atoms. The summed E-state index contributed by atoms with van der Waals surface area (Å²) in [7, 11) is -2.82. The lowest BCUT2D eigenvalue weighted by atomic mass is 10.0. The van der Waals surface area contributed by atoms with Gasteiger partial charge in [0.05, 0.1) is 10.6 Å². The highest BCUT2D eigenvalue weighted by Gasteiger charge is 2.42. The third kappa shape index (κ3) is 1.99. The number of hydrogen-bond donors (Lipinski definition) is 1. The topological polar surface area (TPSA) is 52.3 Å². The van der Waals surface area contributed by atoms with Gasteiger partial charge in [-0.3, -0.25) is 0 Å². The van der Waals surface area contributed by atoms with Crippen molar-refractivity contribution in [3.63, 3.8) is 0 Å². The smallest absolute Gasteiger partial charge is 0.155 e. The van der Waals surface area contributed by atoms with Crippen LogP contribution in [0.15, 0.2) is 36.4 Å². The van der Waals surface area contributed by atoms with Crippen molar-refractivity contribution in [1.29, 1.82) is 0 Å². The van der Waals surface area contributed by atoms with Crippen molar-refractivity contribution < 1.29 is 9.30 Å². The minimum atomic E-state index is -2.82. The van der Waals surface area contributed by atoms with Crippen LogP contribution in [-0.2, 0) is 4.57 Å². The molecule has 0 saturated carbocycles. The van der Waals surface area contributed by atoms with Crippen molar-refractivity contribution >= 4 is 23.4 Å². The first-order valence-electron chi connectivity index (χ1n) is 7.67. The Morgan fingerprint density at radius 1 is 1.00 bits per heavy atom. The Morgan fingerprint density at radius 3 is 2.32 bits per heavy atom. The number of fused-ring (bicyclic) bond motifs is 2. The monoisotopic (exact) mass is 315 g/mol. The molecular formula is C18H22NO2P. The average molecular weight is 315 g/mol. The highest BCUT2D eigenvalue weighted by molar-refractivity contribution is 7.80. The molecule has 0 aromatic heterocycles. The lowest BCUT2D eigenvalue weighted by Crippen LogP contribution is -2.31. The maximum Gasteiger partial charge on any atom is 0.155 e. The van der Waals surface area contributed by atoms with Crippen LogP contribution >= 0.6 is 7.14 Å². The van der Waals surface area contributed by atoms with Gasteiger partial charge in [-0.1, -0.05) is 45.9 Å². The maximum absolute atomic E-state index is 14.0. The van der Waals surface area contributed by atoms with Crippen molar-refractivity contribution in [2.45, 2.75) is 39.3 Å². The number of nitrogens with two attached hydrogens (primary N) is 1. The molecule has 1 heterocycles. The maximum atomic E-state index is 14.0. The molecule has 3 rings (SSSR count). The standard InChI is InChI=1S/C18H22NO2P/c1-11(2)13-9-10-15-18(17(13)19)22(20,12(3)4)16-8-6-5-7-14(16)21-15/h5-12H,19H2,1-4H3. The van der Waals surface area contributed by atoms with E-state index in [0.717, 1.165) is 10.9 Å². The number of rotatable bonds is 2. The average Bonchev–Trinajstić information content (AvgIpc) is 2.46. The summed E-state index contributed by atoms with van der Waals surface area (Å²) in [4.78, 5) is 0. The summed E-state index contributed by atoms with van der Waals surface area (Å²) in [6.45, 7) is 8.17. The van der Waals surface area contributed by atoms with Crippen LogP contribution in [0.3, 0.4) is 0 Å². The fourth-order valence-electron chi connectivity index (χ4n) is 3.13. The highest BCUT2D eigenvalue weighted by Crippen LogP contribution is 2.57. The van der Waals surface area contributed by atoms with Crippen LogP contribution in [0.5, 0.6) is 11.5 Å². The van der Waals surface area contributed by atoms with Gasteiger partial charge in [-0.15, -0.1) is 0 Å². The minimum Gasteiger partial charge on any atom is -0.456 e. The molecule has 1 unspecified atom stereocenters. The van der Waals surface area contributed by atoms with Gasteiger partial charge in [-0.05, 0) is 29.7 Å². The van der Waals surface area contributed by atoms with Gasteiger partial charge in [0, 0.05) is 11.3 Å². The van der Waals surface area contributed by atoms with Crippen molar-refractivity contribution in [3.05, 3.63) is 42.0 Å². The molecule has 0 bridgehead atoms. The molecule has 1 atom stereocenters. The molecule has 2 N–H and O–H groups in total. The van der Waals surface area contributed by atoms with Crippen LogP contribution in [0.4, 0.5) is 5.69 Å². The summed E-state index contributed by atoms with van der Waals surface area (Å²) in [5.41, 5.74) is 8.05. The number of anilines is 1. The van der Waals surface area contributed by atoms with Crippen LogP contribution in [0, 0.1) is 0 Å². The lowest BCUT2D eigenvalue weighted by Gasteiger charge is -2.33. The van der Waals surface area contributed by atoms with E-state index in [-0.39, 0.29) is 11.6 Å². The molecule has 0 amide bonds. The third-order valence-electron chi connectivity index (χ3n) is 4.34. The molecule has 0 spiro atoms. The Hall–Kier alpha value is -1.73. The van der Waals surface area contributed by atoms with E-state index in [9.17, 15) is 4.57 Å². The first-order chi connectivity index (χ1) is 10.4. The number of ether oxygens (including phenoxy) is 1. The molecule has 1 aliphatic heterocycles. The molecule has 2 aromatic carbocycles. The van der Waals surface area contributed by atoms with E-state index in [1.54, 1.807) is 0 Å². The highest BCUT2D eigenvalue weighted by atomic mass is 31.2. The molecule has 4 heteroatoms. The van der Waals surface area contributed by atoms with Gasteiger partial charge in [-0.2, -0.15) is 0 Å². The van der Waals surface area contributed by atoms with E-state index in [2.05, 4.69) is 13.8 Å². The number of nitrogen functional groups attached to an aromatic ring is 1. The zero-order chi connectivity index (χ0) is 16.1. The van der Waals surface area contributed by atoms with E-state index < -0.39 is 7.14 Å². The van der Waals surface area contributed by atoms with E-state index in [1.165, 1.54) is 0 Å². The van der Waals surface area contributed by atoms with Gasteiger partial charge in [0.15, 0.2) is 7.14 Å². The Kier molecular flexibility index (Phi) is 3.57. The van der Waals surface area contributed by atoms with Crippen molar-refractivity contribution in [2.75, 3.05) is 5.73 Å². The first-order valence-corrected chi connectivity index (χ1v) is 9.45. The summed E-state index contributed by atoms with van der Waals surface area (Å²) in [6.07, 6.45) is 0. The molecule has 0 aliphatic carbocycles. The van der Waals surface area contributed by atoms with Crippen LogP contribution in [0.2, 0.25) is 0 Å². The second-order valence-corrected chi connectivity index (χ2v) is 9.67. The predicted molar refractivity (Wildman–Crippen MR) is 93.5 cm³/mol. The molecule has 0 radical (unpaired) electrons. The van der Waals surface area contributed by atoms with Gasteiger partial charge in [0.25, 0.3) is 0 Å². The van der Waals surface area contributed by atoms with Gasteiger partial charge < -0.3 is 15.0 Å². The Labute approximate surface area is 131 Å². The van der Waals surface area contributed by atoms with Crippen LogP contribution in [0.1, 0.15) is 39.2 Å². The zero-order valence-corrected chi connectivity index (χ0v) is 14.4. The van der Waals surface area contributed by atoms with E-state index in [1.807, 2.05) is 50.2 Å². The summed E-state index contributed by atoms with van der Waals surface area (Å²) < 4.78 is 20.0. The van der Waals surface area contributed by atoms with Crippen molar-refractivity contribution in [2.24, 2.45) is 0 Å². The molecular weight excluding hydrogens is 293 g/mol. The molecule has 3 nitrogen and oxygen atoms in total. The Balaban J connectivity index is 2.37. The van der Waals surface area contributed by atoms with Crippen molar-refractivity contribution in [1.82, 2.24) is 0 Å². The normalized spacial score (nSPS) is 19.7. The third-order valence-corrected chi connectivity index (χ3v) is 8.00. The number of hydrogen-bond acceptors (Lipinski definition) is 3. The lowest BCUT2D eigenvalue weighted by molar-refractivity contribution is 0.484. The van der Waals surface area contributed by atoms with Gasteiger partial charge in [0.2, 0.25) is 0 Å². The fourth-order valence-corrected chi connectivity index (χ4v) is 6.13. The summed E-state index contributed by atoms with van der Waals surface area (Å²) in [5.74, 6) is 1.60. The van der Waals surface area contributed by atoms with Crippen LogP contribution in [0.25, 0.3) is 0 Å². The van der Waals surface area contributed by atoms with Crippen molar-refractivity contribution in [3.8, 4) is 11.5 Å². The summed E-state index contributed by atoms with van der Waals surface area (Å²) in [6, 6.07) is 11.5. The number of benzene rings is 2. The van der Waals surface area contributed by atoms with Crippen LogP contribution in [-0.4, -0.2) is 5.66 Å². The predicted octanol–water partition coefficient (Wildman–Crippen LogP) is 4.22. The first kappa shape index (κ1) is 15.2. The second kappa shape index (κ2) is 5.17. The molecule has 2 aromatic rings. The number of para-hydroxylation sites is 1. The largest absolute Gasteiger partial charge is 0.456 e. The minimum absolute atomic E-state index is 0.0268. The molecule has 0 saturated heterocycles. The summed E-state index contributed by atoms with van der Waals surface area (Å²) >= 11 is 0. The quantitative estimate of drug-likeness (QED) is 0.667. The van der Waals surface area contributed by atoms with Gasteiger partial charge in [-0.25, -0.2) is 0 Å².